The quantitative estimate of drug-likeness (QED) is 0.181. The van der Waals surface area contributed by atoms with Crippen LogP contribution in [0.1, 0.15) is 0 Å². The second kappa shape index (κ2) is 11.2. The van der Waals surface area contributed by atoms with Gasteiger partial charge in [0.2, 0.25) is 0 Å². The Kier molecular flexibility index (Phi) is 6.39. The second-order valence-corrected chi connectivity index (χ2v) is 13.6. The van der Waals surface area contributed by atoms with Gasteiger partial charge in [-0.2, -0.15) is 0 Å². The molecule has 10 rings (SSSR count). The van der Waals surface area contributed by atoms with Gasteiger partial charge < -0.3 is 9.47 Å². The van der Waals surface area contributed by atoms with Crippen LogP contribution in [0.3, 0.4) is 0 Å². The van der Waals surface area contributed by atoms with Crippen LogP contribution >= 0.6 is 11.3 Å². The van der Waals surface area contributed by atoms with Crippen LogP contribution in [-0.4, -0.2) is 4.57 Å². The third kappa shape index (κ3) is 4.33. The van der Waals surface area contributed by atoms with Gasteiger partial charge in [-0.15, -0.1) is 11.3 Å². The molecule has 0 amide bonds. The fourth-order valence-electron chi connectivity index (χ4n) is 7.72. The van der Waals surface area contributed by atoms with Crippen LogP contribution in [-0.2, 0) is 0 Å². The molecule has 8 aromatic carbocycles. The Morgan fingerprint density at radius 1 is 0.367 bits per heavy atom. The summed E-state index contributed by atoms with van der Waals surface area (Å²) in [4.78, 5) is 2.45. The first-order valence-electron chi connectivity index (χ1n) is 16.7. The molecular weight excluding hydrogens is 613 g/mol. The van der Waals surface area contributed by atoms with E-state index in [0.717, 1.165) is 11.4 Å². The van der Waals surface area contributed by atoms with E-state index >= 15 is 0 Å². The summed E-state index contributed by atoms with van der Waals surface area (Å²) in [6, 6.07) is 66.1. The third-order valence-corrected chi connectivity index (χ3v) is 10.9. The van der Waals surface area contributed by atoms with Crippen LogP contribution in [0.4, 0.5) is 17.1 Å². The molecule has 0 radical (unpaired) electrons. The molecule has 3 heteroatoms. The molecular formula is C46H30N2S. The maximum absolute atomic E-state index is 2.45. The first-order valence-corrected chi connectivity index (χ1v) is 17.5. The van der Waals surface area contributed by atoms with Crippen LogP contribution in [0.15, 0.2) is 182 Å². The number of fused-ring (bicyclic) bond motifs is 7. The Balaban J connectivity index is 1.24. The van der Waals surface area contributed by atoms with Crippen LogP contribution in [0.5, 0.6) is 0 Å². The topological polar surface area (TPSA) is 8.17 Å². The van der Waals surface area contributed by atoms with Crippen molar-refractivity contribution in [3.8, 4) is 16.8 Å². The number of aromatic nitrogens is 1. The second-order valence-electron chi connectivity index (χ2n) is 12.5. The van der Waals surface area contributed by atoms with Crippen molar-refractivity contribution in [2.24, 2.45) is 0 Å². The number of nitrogens with zero attached hydrogens (tertiary/aromatic N) is 2. The average Bonchev–Trinajstić information content (AvgIpc) is 3.72. The number of hydrogen-bond acceptors (Lipinski definition) is 2. The number of anilines is 3. The van der Waals surface area contributed by atoms with E-state index in [-0.39, 0.29) is 0 Å². The first kappa shape index (κ1) is 27.9. The maximum Gasteiger partial charge on any atom is 0.0555 e. The Bertz CT molecular complexity index is 2790. The zero-order valence-corrected chi connectivity index (χ0v) is 27.4. The first-order chi connectivity index (χ1) is 24.3. The summed E-state index contributed by atoms with van der Waals surface area (Å²) in [5.74, 6) is 0. The Labute approximate surface area is 288 Å². The Morgan fingerprint density at radius 2 is 0.959 bits per heavy atom. The monoisotopic (exact) mass is 642 g/mol. The maximum atomic E-state index is 2.45. The fourth-order valence-corrected chi connectivity index (χ4v) is 8.85. The van der Waals surface area contributed by atoms with Gasteiger partial charge in [0, 0.05) is 47.6 Å². The van der Waals surface area contributed by atoms with Crippen molar-refractivity contribution in [3.63, 3.8) is 0 Å². The highest BCUT2D eigenvalue weighted by Gasteiger charge is 2.22. The van der Waals surface area contributed by atoms with Gasteiger partial charge in [-0.05, 0) is 65.5 Å². The molecule has 0 N–H and O–H groups in total. The Hall–Kier alpha value is -6.16. The molecule has 0 aliphatic carbocycles. The predicted octanol–water partition coefficient (Wildman–Crippen LogP) is 13.4. The molecule has 2 nitrogen and oxygen atoms in total. The highest BCUT2D eigenvalue weighted by atomic mass is 32.1. The molecule has 0 aliphatic heterocycles. The molecule has 10 aromatic rings. The molecule has 0 atom stereocenters. The largest absolute Gasteiger partial charge is 0.309 e. The van der Waals surface area contributed by atoms with Crippen molar-refractivity contribution >= 4 is 81.1 Å². The molecule has 230 valence electrons. The average molecular weight is 643 g/mol. The van der Waals surface area contributed by atoms with E-state index in [9.17, 15) is 0 Å². The van der Waals surface area contributed by atoms with Crippen molar-refractivity contribution < 1.29 is 0 Å². The molecule has 0 aliphatic rings. The lowest BCUT2D eigenvalue weighted by molar-refractivity contribution is 1.18. The molecule has 2 heterocycles. The summed E-state index contributed by atoms with van der Waals surface area (Å²) < 4.78 is 5.03. The van der Waals surface area contributed by atoms with E-state index in [0.29, 0.717) is 0 Å². The minimum atomic E-state index is 1.13. The highest BCUT2D eigenvalue weighted by Crippen LogP contribution is 2.48. The van der Waals surface area contributed by atoms with Gasteiger partial charge in [0.05, 0.1) is 28.1 Å². The fraction of sp³-hybridized carbons (Fsp3) is 0. The SMILES string of the molecule is c1ccc(N(c2ccc(-c3ccccc3-n3c4ccccc4c4ccccc43)c3ccccc23)c2cccc3sc4ccccc4c23)cc1. The van der Waals surface area contributed by atoms with Gasteiger partial charge >= 0.3 is 0 Å². The molecule has 0 saturated carbocycles. The van der Waals surface area contributed by atoms with Gasteiger partial charge in [-0.3, -0.25) is 0 Å². The van der Waals surface area contributed by atoms with E-state index in [1.165, 1.54) is 75.3 Å². The summed E-state index contributed by atoms with van der Waals surface area (Å²) in [6.45, 7) is 0. The number of hydrogen-bond donors (Lipinski definition) is 0. The van der Waals surface area contributed by atoms with Gasteiger partial charge in [0.25, 0.3) is 0 Å². The molecule has 0 saturated heterocycles. The molecule has 2 aromatic heterocycles. The molecule has 0 bridgehead atoms. The van der Waals surface area contributed by atoms with Crippen molar-refractivity contribution in [1.82, 2.24) is 4.57 Å². The zero-order chi connectivity index (χ0) is 32.3. The molecule has 0 spiro atoms. The number of rotatable bonds is 5. The smallest absolute Gasteiger partial charge is 0.0555 e. The summed E-state index contributed by atoms with van der Waals surface area (Å²) in [7, 11) is 0. The predicted molar refractivity (Wildman–Crippen MR) is 211 cm³/mol. The van der Waals surface area contributed by atoms with Gasteiger partial charge in [-0.25, -0.2) is 0 Å². The lowest BCUT2D eigenvalue weighted by Gasteiger charge is -2.28. The summed E-state index contributed by atoms with van der Waals surface area (Å²) >= 11 is 1.86. The van der Waals surface area contributed by atoms with Crippen molar-refractivity contribution in [3.05, 3.63) is 182 Å². The van der Waals surface area contributed by atoms with Crippen molar-refractivity contribution in [1.29, 1.82) is 0 Å². The van der Waals surface area contributed by atoms with Gasteiger partial charge in [0.15, 0.2) is 0 Å². The van der Waals surface area contributed by atoms with Gasteiger partial charge in [-0.1, -0.05) is 127 Å². The number of benzene rings is 8. The molecule has 0 unspecified atom stereocenters. The molecule has 49 heavy (non-hydrogen) atoms. The molecule has 0 fully saturated rings. The standard InChI is InChI=1S/C46H30N2S/c1-2-15-31(16-3-1)47(43-26-14-28-45-46(43)38-22-9-13-27-44(38)49-45)42-30-29-33(32-17-4-5-18-34(32)42)35-19-6-10-23-39(35)48-40-24-11-7-20-36(40)37-21-8-12-25-41(37)48/h1-30H. The van der Waals surface area contributed by atoms with Gasteiger partial charge in [0.1, 0.15) is 0 Å². The minimum Gasteiger partial charge on any atom is -0.309 e. The van der Waals surface area contributed by atoms with Crippen LogP contribution < -0.4 is 4.90 Å². The van der Waals surface area contributed by atoms with E-state index in [2.05, 4.69) is 191 Å². The van der Waals surface area contributed by atoms with Crippen LogP contribution in [0, 0.1) is 0 Å². The van der Waals surface area contributed by atoms with E-state index in [4.69, 9.17) is 0 Å². The van der Waals surface area contributed by atoms with E-state index in [1.807, 2.05) is 11.3 Å². The third-order valence-electron chi connectivity index (χ3n) is 9.79. The van der Waals surface area contributed by atoms with Crippen LogP contribution in [0.25, 0.3) is 69.6 Å². The van der Waals surface area contributed by atoms with Crippen molar-refractivity contribution in [2.45, 2.75) is 0 Å². The zero-order valence-electron chi connectivity index (χ0n) is 26.6. The Morgan fingerprint density at radius 3 is 1.73 bits per heavy atom. The summed E-state index contributed by atoms with van der Waals surface area (Å²) in [5, 5.41) is 7.54. The van der Waals surface area contributed by atoms with E-state index in [1.54, 1.807) is 0 Å². The van der Waals surface area contributed by atoms with E-state index < -0.39 is 0 Å². The normalized spacial score (nSPS) is 11.7. The minimum absolute atomic E-state index is 1.13. The highest BCUT2D eigenvalue weighted by molar-refractivity contribution is 7.26. The summed E-state index contributed by atoms with van der Waals surface area (Å²) in [5.41, 5.74) is 9.48. The van der Waals surface area contributed by atoms with Crippen LogP contribution in [0.2, 0.25) is 0 Å². The lowest BCUT2D eigenvalue weighted by Crippen LogP contribution is -2.11. The number of thiophene rings is 1. The van der Waals surface area contributed by atoms with Crippen molar-refractivity contribution in [2.75, 3.05) is 4.90 Å². The number of para-hydroxylation sites is 4. The summed E-state index contributed by atoms with van der Waals surface area (Å²) in [6.07, 6.45) is 0. The lowest BCUT2D eigenvalue weighted by atomic mass is 9.95.